The maximum Gasteiger partial charge on any atom is 0.203 e. The van der Waals surface area contributed by atoms with E-state index in [1.165, 1.54) is 4.57 Å². The van der Waals surface area contributed by atoms with E-state index in [0.29, 0.717) is 5.65 Å². The molecule has 108 valence electrons. The largest absolute Gasteiger partial charge is 0.394 e. The molecule has 0 aromatic carbocycles. The van der Waals surface area contributed by atoms with Gasteiger partial charge in [0.05, 0.1) is 6.61 Å². The van der Waals surface area contributed by atoms with Gasteiger partial charge in [0.2, 0.25) is 4.77 Å². The second-order valence-corrected chi connectivity index (χ2v) is 5.28. The highest BCUT2D eigenvalue weighted by atomic mass is 32.1. The molecule has 0 bridgehead atoms. The minimum Gasteiger partial charge on any atom is -0.394 e. The number of aryl methyl sites for hydroxylation is 1. The molecule has 0 saturated carbocycles. The summed E-state index contributed by atoms with van der Waals surface area (Å²) in [7, 11) is 0. The fourth-order valence-corrected chi connectivity index (χ4v) is 2.69. The van der Waals surface area contributed by atoms with Crippen LogP contribution in [-0.2, 0) is 4.74 Å². The van der Waals surface area contributed by atoms with Gasteiger partial charge in [-0.15, -0.1) is 0 Å². The number of fused-ring (bicyclic) bond motifs is 1. The van der Waals surface area contributed by atoms with Crippen molar-refractivity contribution in [2.45, 2.75) is 31.5 Å². The average Bonchev–Trinajstić information content (AvgIpc) is 2.89. The SMILES string of the molecule is Cc1cc2cn([C@@H]3O[C@H](CO)C(O)[C@@H]3O)c(=S)nc2[nH]1. The number of ether oxygens (including phenoxy) is 1. The minimum atomic E-state index is -1.17. The van der Waals surface area contributed by atoms with Crippen molar-refractivity contribution in [1.82, 2.24) is 14.5 Å². The monoisotopic (exact) mass is 297 g/mol. The number of rotatable bonds is 2. The van der Waals surface area contributed by atoms with Crippen LogP contribution >= 0.6 is 12.2 Å². The summed E-state index contributed by atoms with van der Waals surface area (Å²) in [6.45, 7) is 1.53. The predicted molar refractivity (Wildman–Crippen MR) is 72.7 cm³/mol. The Kier molecular flexibility index (Phi) is 3.35. The molecule has 20 heavy (non-hydrogen) atoms. The Morgan fingerprint density at radius 1 is 1.45 bits per heavy atom. The number of hydrogen-bond donors (Lipinski definition) is 4. The molecule has 1 saturated heterocycles. The van der Waals surface area contributed by atoms with Crippen LogP contribution in [0.1, 0.15) is 11.9 Å². The van der Waals surface area contributed by atoms with E-state index in [1.54, 1.807) is 6.20 Å². The van der Waals surface area contributed by atoms with Crippen molar-refractivity contribution < 1.29 is 20.1 Å². The summed E-state index contributed by atoms with van der Waals surface area (Å²) in [6.07, 6.45) is -2.30. The van der Waals surface area contributed by atoms with E-state index < -0.39 is 24.5 Å². The summed E-state index contributed by atoms with van der Waals surface area (Å²) in [5, 5.41) is 29.8. The molecule has 3 rings (SSSR count). The molecule has 4 atom stereocenters. The number of nitrogens with one attached hydrogen (secondary N) is 1. The van der Waals surface area contributed by atoms with Gasteiger partial charge in [-0.25, -0.2) is 4.98 Å². The lowest BCUT2D eigenvalue weighted by atomic mass is 10.1. The molecule has 2 aromatic heterocycles. The highest BCUT2D eigenvalue weighted by Crippen LogP contribution is 2.30. The third-order valence-corrected chi connectivity index (χ3v) is 3.76. The number of hydrogen-bond acceptors (Lipinski definition) is 6. The van der Waals surface area contributed by atoms with Crippen LogP contribution in [0.2, 0.25) is 0 Å². The fourth-order valence-electron chi connectivity index (χ4n) is 2.44. The van der Waals surface area contributed by atoms with E-state index in [4.69, 9.17) is 22.1 Å². The van der Waals surface area contributed by atoms with Crippen LogP contribution in [-0.4, -0.2) is 54.8 Å². The number of aromatic amines is 1. The van der Waals surface area contributed by atoms with Crippen LogP contribution in [0.25, 0.3) is 11.0 Å². The molecule has 2 aromatic rings. The van der Waals surface area contributed by atoms with Crippen molar-refractivity contribution in [2.24, 2.45) is 0 Å². The first kappa shape index (κ1) is 13.7. The van der Waals surface area contributed by atoms with Gasteiger partial charge in [-0.1, -0.05) is 0 Å². The Bertz CT molecular complexity index is 698. The van der Waals surface area contributed by atoms with Crippen molar-refractivity contribution >= 4 is 23.3 Å². The molecule has 7 nitrogen and oxygen atoms in total. The molecule has 0 radical (unpaired) electrons. The molecule has 1 unspecified atom stereocenters. The van der Waals surface area contributed by atoms with Crippen LogP contribution < -0.4 is 0 Å². The minimum absolute atomic E-state index is 0.231. The van der Waals surface area contributed by atoms with Gasteiger partial charge in [0, 0.05) is 17.3 Å². The molecule has 4 N–H and O–H groups in total. The van der Waals surface area contributed by atoms with E-state index in [2.05, 4.69) is 9.97 Å². The summed E-state index contributed by atoms with van der Waals surface area (Å²) in [5.41, 5.74) is 1.61. The molecule has 1 aliphatic heterocycles. The summed E-state index contributed by atoms with van der Waals surface area (Å²) >= 11 is 5.19. The van der Waals surface area contributed by atoms with Gasteiger partial charge in [-0.3, -0.25) is 4.57 Å². The number of aromatic nitrogens is 3. The lowest BCUT2D eigenvalue weighted by Gasteiger charge is -2.18. The number of aliphatic hydroxyl groups excluding tert-OH is 3. The fraction of sp³-hybridized carbons (Fsp3) is 0.500. The molecule has 3 heterocycles. The van der Waals surface area contributed by atoms with Gasteiger partial charge in [-0.2, -0.15) is 0 Å². The molecule has 1 fully saturated rings. The number of aliphatic hydroxyl groups is 3. The Labute approximate surface area is 119 Å². The number of nitrogens with zero attached hydrogens (tertiary/aromatic N) is 2. The van der Waals surface area contributed by atoms with Crippen LogP contribution in [0.4, 0.5) is 0 Å². The van der Waals surface area contributed by atoms with E-state index in [1.807, 2.05) is 13.0 Å². The van der Waals surface area contributed by atoms with Gasteiger partial charge in [0.1, 0.15) is 24.0 Å². The lowest BCUT2D eigenvalue weighted by molar-refractivity contribution is -0.0538. The summed E-state index contributed by atoms with van der Waals surface area (Å²) in [4.78, 5) is 7.31. The molecule has 8 heteroatoms. The molecule has 0 spiro atoms. The number of H-pyrrole nitrogens is 1. The molecule has 0 aliphatic carbocycles. The van der Waals surface area contributed by atoms with Crippen LogP contribution in [0.3, 0.4) is 0 Å². The Hall–Kier alpha value is -1.32. The third-order valence-electron chi connectivity index (χ3n) is 3.46. The van der Waals surface area contributed by atoms with Crippen molar-refractivity contribution in [3.05, 3.63) is 22.7 Å². The standard InChI is InChI=1S/C12H15N3O4S/c1-5-2-6-3-15(12(20)14-10(6)13-5)11-9(18)8(17)7(4-16)19-11/h2-3,7-9,11,16-18H,4H2,1H3,(H,13,14,20)/t7-,8?,9+,11-/m1/s1. The smallest absolute Gasteiger partial charge is 0.203 e. The second kappa shape index (κ2) is 4.90. The summed E-state index contributed by atoms with van der Waals surface area (Å²) in [5.74, 6) is 0. The molecule has 1 aliphatic rings. The van der Waals surface area contributed by atoms with Crippen LogP contribution in [0.15, 0.2) is 12.3 Å². The van der Waals surface area contributed by atoms with E-state index in [-0.39, 0.29) is 11.4 Å². The maximum atomic E-state index is 10.0. The van der Waals surface area contributed by atoms with Gasteiger partial charge in [-0.05, 0) is 25.2 Å². The van der Waals surface area contributed by atoms with Crippen molar-refractivity contribution in [3.63, 3.8) is 0 Å². The first-order valence-corrected chi connectivity index (χ1v) is 6.63. The van der Waals surface area contributed by atoms with Gasteiger partial charge >= 0.3 is 0 Å². The topological polar surface area (TPSA) is 104 Å². The van der Waals surface area contributed by atoms with Crippen molar-refractivity contribution in [1.29, 1.82) is 0 Å². The van der Waals surface area contributed by atoms with Crippen molar-refractivity contribution in [3.8, 4) is 0 Å². The lowest BCUT2D eigenvalue weighted by Crippen LogP contribution is -2.33. The van der Waals surface area contributed by atoms with E-state index in [9.17, 15) is 10.2 Å². The zero-order chi connectivity index (χ0) is 14.4. The zero-order valence-corrected chi connectivity index (χ0v) is 11.5. The molecule has 0 amide bonds. The van der Waals surface area contributed by atoms with Gasteiger partial charge in [0.25, 0.3) is 0 Å². The van der Waals surface area contributed by atoms with Crippen molar-refractivity contribution in [2.75, 3.05) is 6.61 Å². The quantitative estimate of drug-likeness (QED) is 0.582. The van der Waals surface area contributed by atoms with Gasteiger partial charge in [0.15, 0.2) is 6.23 Å². The van der Waals surface area contributed by atoms with Crippen LogP contribution in [0, 0.1) is 11.7 Å². The van der Waals surface area contributed by atoms with Crippen LogP contribution in [0.5, 0.6) is 0 Å². The predicted octanol–water partition coefficient (Wildman–Crippen LogP) is 0.0138. The zero-order valence-electron chi connectivity index (χ0n) is 10.7. The summed E-state index contributed by atoms with van der Waals surface area (Å²) < 4.78 is 7.18. The second-order valence-electron chi connectivity index (χ2n) is 4.92. The average molecular weight is 297 g/mol. The first-order valence-electron chi connectivity index (χ1n) is 6.22. The van der Waals surface area contributed by atoms with E-state index in [0.717, 1.165) is 11.1 Å². The molecular formula is C12H15N3O4S. The normalized spacial score (nSPS) is 30.2. The van der Waals surface area contributed by atoms with Gasteiger partial charge < -0.3 is 25.0 Å². The Morgan fingerprint density at radius 3 is 2.85 bits per heavy atom. The van der Waals surface area contributed by atoms with E-state index >= 15 is 0 Å². The maximum absolute atomic E-state index is 10.0. The Balaban J connectivity index is 2.06. The highest BCUT2D eigenvalue weighted by molar-refractivity contribution is 7.71. The Morgan fingerprint density at radius 2 is 2.20 bits per heavy atom. The molecular weight excluding hydrogens is 282 g/mol. The first-order chi connectivity index (χ1) is 9.51. The third kappa shape index (κ3) is 2.05. The highest BCUT2D eigenvalue weighted by Gasteiger charge is 2.43. The summed E-state index contributed by atoms with van der Waals surface area (Å²) in [6, 6.07) is 1.90.